The van der Waals surface area contributed by atoms with E-state index < -0.39 is 5.82 Å². The van der Waals surface area contributed by atoms with Crippen LogP contribution >= 0.6 is 0 Å². The molecule has 0 atom stereocenters. The summed E-state index contributed by atoms with van der Waals surface area (Å²) in [6.45, 7) is 7.01. The van der Waals surface area contributed by atoms with E-state index in [0.29, 0.717) is 11.3 Å². The Morgan fingerprint density at radius 3 is 2.29 bits per heavy atom. The third kappa shape index (κ3) is 2.83. The lowest BCUT2D eigenvalue weighted by Crippen LogP contribution is -2.00. The van der Waals surface area contributed by atoms with Gasteiger partial charge in [0.25, 0.3) is 0 Å². The molecule has 0 amide bonds. The molecule has 0 unspecified atom stereocenters. The highest BCUT2D eigenvalue weighted by molar-refractivity contribution is 5.95. The second kappa shape index (κ2) is 5.37. The molecular weight excluding hydrogens is 181 g/mol. The van der Waals surface area contributed by atoms with Crippen molar-refractivity contribution in [1.82, 2.24) is 0 Å². The Bertz CT molecular complexity index is 334. The summed E-state index contributed by atoms with van der Waals surface area (Å²) in [5, 5.41) is 0. The zero-order valence-electron chi connectivity index (χ0n) is 9.02. The van der Waals surface area contributed by atoms with Crippen LogP contribution in [0, 0.1) is 12.7 Å². The highest BCUT2D eigenvalue weighted by Crippen LogP contribution is 2.17. The van der Waals surface area contributed by atoms with Crippen molar-refractivity contribution < 1.29 is 9.18 Å². The molecule has 0 aliphatic heterocycles. The van der Waals surface area contributed by atoms with Gasteiger partial charge in [0, 0.05) is 5.69 Å². The fourth-order valence-electron chi connectivity index (χ4n) is 0.959. The monoisotopic (exact) mass is 197 g/mol. The molecule has 1 rings (SSSR count). The molecule has 0 aliphatic rings. The molecule has 2 N–H and O–H groups in total. The van der Waals surface area contributed by atoms with Crippen molar-refractivity contribution in [1.29, 1.82) is 0 Å². The fourth-order valence-corrected chi connectivity index (χ4v) is 0.959. The summed E-state index contributed by atoms with van der Waals surface area (Å²) >= 11 is 0. The first kappa shape index (κ1) is 12.6. The number of ketones is 1. The summed E-state index contributed by atoms with van der Waals surface area (Å²) in [6, 6.07) is 2.64. The zero-order valence-corrected chi connectivity index (χ0v) is 9.02. The topological polar surface area (TPSA) is 43.1 Å². The smallest absolute Gasteiger partial charge is 0.162 e. The third-order valence-electron chi connectivity index (χ3n) is 1.74. The first-order chi connectivity index (χ1) is 6.52. The maximum absolute atomic E-state index is 13.0. The van der Waals surface area contributed by atoms with Crippen LogP contribution in [-0.2, 0) is 0 Å². The van der Waals surface area contributed by atoms with Crippen LogP contribution in [0.4, 0.5) is 10.1 Å². The van der Waals surface area contributed by atoms with Gasteiger partial charge in [0.2, 0.25) is 0 Å². The third-order valence-corrected chi connectivity index (χ3v) is 1.74. The Labute approximate surface area is 83.9 Å². The van der Waals surface area contributed by atoms with E-state index in [2.05, 4.69) is 0 Å². The number of anilines is 1. The minimum atomic E-state index is -0.505. The molecule has 0 radical (unpaired) electrons. The Morgan fingerprint density at radius 2 is 1.86 bits per heavy atom. The van der Waals surface area contributed by atoms with Crippen LogP contribution in [0.5, 0.6) is 0 Å². The molecule has 1 aromatic rings. The van der Waals surface area contributed by atoms with Gasteiger partial charge in [-0.15, -0.1) is 0 Å². The average Bonchev–Trinajstić information content (AvgIpc) is 2.14. The molecule has 2 nitrogen and oxygen atoms in total. The number of benzene rings is 1. The van der Waals surface area contributed by atoms with Gasteiger partial charge in [0.05, 0.1) is 5.56 Å². The number of Topliss-reactive ketones (excluding diaryl/α,β-unsaturated/α-hetero) is 1. The van der Waals surface area contributed by atoms with E-state index in [0.717, 1.165) is 0 Å². The fraction of sp³-hybridized carbons (Fsp3) is 0.364. The van der Waals surface area contributed by atoms with E-state index in [1.165, 1.54) is 19.1 Å². The highest BCUT2D eigenvalue weighted by Gasteiger charge is 2.08. The van der Waals surface area contributed by atoms with Gasteiger partial charge < -0.3 is 5.73 Å². The number of hydrogen-bond donors (Lipinski definition) is 1. The van der Waals surface area contributed by atoms with Crippen molar-refractivity contribution in [3.8, 4) is 0 Å². The van der Waals surface area contributed by atoms with Gasteiger partial charge in [-0.2, -0.15) is 0 Å². The van der Waals surface area contributed by atoms with Crippen LogP contribution in [0.15, 0.2) is 12.1 Å². The van der Waals surface area contributed by atoms with Crippen molar-refractivity contribution >= 4 is 11.5 Å². The maximum atomic E-state index is 13.0. The average molecular weight is 197 g/mol. The molecule has 0 aromatic heterocycles. The van der Waals surface area contributed by atoms with Crippen molar-refractivity contribution in [2.24, 2.45) is 0 Å². The van der Waals surface area contributed by atoms with Gasteiger partial charge in [-0.05, 0) is 31.5 Å². The van der Waals surface area contributed by atoms with E-state index in [1.807, 2.05) is 13.8 Å². The van der Waals surface area contributed by atoms with Crippen molar-refractivity contribution in [3.63, 3.8) is 0 Å². The molecule has 0 saturated heterocycles. The molecule has 78 valence electrons. The summed E-state index contributed by atoms with van der Waals surface area (Å²) in [6.07, 6.45) is 0. The zero-order chi connectivity index (χ0) is 11.3. The molecular formula is C11H16FNO. The predicted molar refractivity (Wildman–Crippen MR) is 56.9 cm³/mol. The number of hydrogen-bond acceptors (Lipinski definition) is 2. The van der Waals surface area contributed by atoms with E-state index >= 15 is 0 Å². The molecule has 0 saturated carbocycles. The first-order valence-electron chi connectivity index (χ1n) is 4.59. The number of carbonyl (C=O) groups excluding carboxylic acids is 1. The summed E-state index contributed by atoms with van der Waals surface area (Å²) in [4.78, 5) is 10.8. The number of halogens is 1. The van der Waals surface area contributed by atoms with Crippen LogP contribution in [-0.4, -0.2) is 5.78 Å². The lowest BCUT2D eigenvalue weighted by atomic mass is 10.1. The van der Waals surface area contributed by atoms with E-state index in [9.17, 15) is 9.18 Å². The van der Waals surface area contributed by atoms with Gasteiger partial charge in [-0.25, -0.2) is 4.39 Å². The van der Waals surface area contributed by atoms with Gasteiger partial charge >= 0.3 is 0 Å². The molecule has 0 heterocycles. The molecule has 0 aliphatic carbocycles. The second-order valence-corrected chi connectivity index (χ2v) is 2.74. The molecule has 1 aromatic carbocycles. The Kier molecular flexibility index (Phi) is 4.84. The Morgan fingerprint density at radius 1 is 1.36 bits per heavy atom. The van der Waals surface area contributed by atoms with E-state index in [-0.39, 0.29) is 11.3 Å². The number of nitrogens with two attached hydrogens (primary N) is 1. The molecule has 0 fully saturated rings. The summed E-state index contributed by atoms with van der Waals surface area (Å²) in [5.74, 6) is -0.812. The van der Waals surface area contributed by atoms with E-state index in [1.54, 1.807) is 6.92 Å². The predicted octanol–water partition coefficient (Wildman–Crippen LogP) is 2.95. The molecule has 0 bridgehead atoms. The molecule has 3 heteroatoms. The lowest BCUT2D eigenvalue weighted by molar-refractivity contribution is 0.101. The first-order valence-corrected chi connectivity index (χ1v) is 4.59. The van der Waals surface area contributed by atoms with Gasteiger partial charge in [0.1, 0.15) is 5.82 Å². The summed E-state index contributed by atoms with van der Waals surface area (Å²) in [7, 11) is 0. The lowest BCUT2D eigenvalue weighted by Gasteiger charge is -2.03. The summed E-state index contributed by atoms with van der Waals surface area (Å²) < 4.78 is 13.0. The maximum Gasteiger partial charge on any atom is 0.162 e. The van der Waals surface area contributed by atoms with E-state index in [4.69, 9.17) is 5.73 Å². The number of nitrogen functional groups attached to an aromatic ring is 1. The molecule has 14 heavy (non-hydrogen) atoms. The SMILES string of the molecule is CC.CC(=O)c1cc(N)c(C)cc1F. The Balaban J connectivity index is 0.000000791. The minimum absolute atomic E-state index is 0.0538. The van der Waals surface area contributed by atoms with Crippen molar-refractivity contribution in [3.05, 3.63) is 29.1 Å². The van der Waals surface area contributed by atoms with Crippen LogP contribution in [0.2, 0.25) is 0 Å². The van der Waals surface area contributed by atoms with Gasteiger partial charge in [0.15, 0.2) is 5.78 Å². The van der Waals surface area contributed by atoms with Crippen molar-refractivity contribution in [2.45, 2.75) is 27.7 Å². The largest absolute Gasteiger partial charge is 0.398 e. The van der Waals surface area contributed by atoms with Crippen LogP contribution in [0.1, 0.15) is 36.7 Å². The van der Waals surface area contributed by atoms with Crippen LogP contribution in [0.3, 0.4) is 0 Å². The normalized spacial score (nSPS) is 8.93. The Hall–Kier alpha value is -1.38. The standard InChI is InChI=1S/C9H10FNO.C2H6/c1-5-3-8(10)7(6(2)12)4-9(5)11;1-2/h3-4H,11H2,1-2H3;1-2H3. The van der Waals surface area contributed by atoms with Gasteiger partial charge in [-0.3, -0.25) is 4.79 Å². The number of carbonyl (C=O) groups is 1. The highest BCUT2D eigenvalue weighted by atomic mass is 19.1. The quantitative estimate of drug-likeness (QED) is 0.555. The van der Waals surface area contributed by atoms with Crippen LogP contribution < -0.4 is 5.73 Å². The number of aryl methyl sites for hydroxylation is 1. The van der Waals surface area contributed by atoms with Crippen LogP contribution in [0.25, 0.3) is 0 Å². The second-order valence-electron chi connectivity index (χ2n) is 2.74. The summed E-state index contributed by atoms with van der Waals surface area (Å²) in [5.41, 5.74) is 6.66. The number of rotatable bonds is 1. The minimum Gasteiger partial charge on any atom is -0.398 e. The van der Waals surface area contributed by atoms with Gasteiger partial charge in [-0.1, -0.05) is 13.8 Å². The van der Waals surface area contributed by atoms with Crippen molar-refractivity contribution in [2.75, 3.05) is 5.73 Å². The molecule has 0 spiro atoms.